The van der Waals surface area contributed by atoms with Crippen molar-refractivity contribution >= 4 is 35.4 Å². The molecule has 0 bridgehead atoms. The minimum absolute atomic E-state index is 0.428. The maximum Gasteiger partial charge on any atom is 0.275 e. The van der Waals surface area contributed by atoms with E-state index in [0.29, 0.717) is 17.7 Å². The number of aryl methyl sites for hydroxylation is 1. The minimum atomic E-state index is -0.657. The number of benzene rings is 1. The highest BCUT2D eigenvalue weighted by Crippen LogP contribution is 2.25. The molecule has 0 aliphatic carbocycles. The molecule has 0 saturated heterocycles. The summed E-state index contributed by atoms with van der Waals surface area (Å²) >= 11 is 0. The SMILES string of the molecule is Cc1ccc(NC(=O)C(=N)C=N)cc1OC1N=CC=C(c2cccnc2)N1. The molecule has 0 saturated carbocycles. The zero-order chi connectivity index (χ0) is 19.2. The van der Waals surface area contributed by atoms with Crippen molar-refractivity contribution in [3.05, 3.63) is 59.9 Å². The number of allylic oxidation sites excluding steroid dienone is 1. The molecule has 1 aliphatic heterocycles. The first-order chi connectivity index (χ1) is 13.1. The molecule has 2 heterocycles. The van der Waals surface area contributed by atoms with Gasteiger partial charge in [-0.1, -0.05) is 6.07 Å². The number of carbonyl (C=O) groups is 1. The number of anilines is 1. The lowest BCUT2D eigenvalue weighted by atomic mass is 10.2. The fraction of sp³-hybridized carbons (Fsp3) is 0.105. The average Bonchev–Trinajstić information content (AvgIpc) is 2.70. The molecule has 3 rings (SSSR count). The molecule has 8 nitrogen and oxygen atoms in total. The number of rotatable bonds is 6. The zero-order valence-electron chi connectivity index (χ0n) is 14.6. The molecule has 1 unspecified atom stereocenters. The molecule has 0 radical (unpaired) electrons. The van der Waals surface area contributed by atoms with Gasteiger partial charge in [0.2, 0.25) is 0 Å². The summed E-state index contributed by atoms with van der Waals surface area (Å²) in [6.07, 6.45) is 7.01. The van der Waals surface area contributed by atoms with Crippen LogP contribution in [0.2, 0.25) is 0 Å². The molecule has 136 valence electrons. The van der Waals surface area contributed by atoms with Crippen molar-refractivity contribution in [1.82, 2.24) is 10.3 Å². The largest absolute Gasteiger partial charge is 0.450 e. The highest BCUT2D eigenvalue weighted by molar-refractivity contribution is 6.61. The number of carbonyl (C=O) groups excluding carboxylic acids is 1. The van der Waals surface area contributed by atoms with E-state index in [2.05, 4.69) is 20.6 Å². The van der Waals surface area contributed by atoms with Gasteiger partial charge in [-0.2, -0.15) is 0 Å². The molecule has 0 fully saturated rings. The highest BCUT2D eigenvalue weighted by Gasteiger charge is 2.16. The number of nitrogens with one attached hydrogen (secondary N) is 4. The van der Waals surface area contributed by atoms with Crippen molar-refractivity contribution in [3.63, 3.8) is 0 Å². The zero-order valence-corrected chi connectivity index (χ0v) is 14.6. The molecule has 0 spiro atoms. The predicted octanol–water partition coefficient (Wildman–Crippen LogP) is 2.38. The summed E-state index contributed by atoms with van der Waals surface area (Å²) in [5.74, 6) is -0.119. The third-order valence-electron chi connectivity index (χ3n) is 3.79. The Morgan fingerprint density at radius 3 is 2.96 bits per heavy atom. The van der Waals surface area contributed by atoms with Crippen LogP contribution in [0.15, 0.2) is 53.8 Å². The van der Waals surface area contributed by atoms with Gasteiger partial charge in [-0.3, -0.25) is 15.2 Å². The lowest BCUT2D eigenvalue weighted by molar-refractivity contribution is -0.110. The fourth-order valence-electron chi connectivity index (χ4n) is 2.36. The van der Waals surface area contributed by atoms with Gasteiger partial charge in [-0.15, -0.1) is 0 Å². The van der Waals surface area contributed by atoms with E-state index in [-0.39, 0.29) is 0 Å². The summed E-state index contributed by atoms with van der Waals surface area (Å²) in [4.78, 5) is 20.1. The van der Waals surface area contributed by atoms with Crippen molar-refractivity contribution in [2.45, 2.75) is 13.3 Å². The standard InChI is InChI=1S/C19H18N6O2/c1-12-4-5-14(24-18(26)15(21)10-20)9-17(12)27-19-23-8-6-16(25-19)13-3-2-7-22-11-13/h2-11,19-21,25H,1H3,(H,24,26). The van der Waals surface area contributed by atoms with E-state index < -0.39 is 18.0 Å². The Morgan fingerprint density at radius 2 is 2.22 bits per heavy atom. The smallest absolute Gasteiger partial charge is 0.275 e. The number of amides is 1. The first-order valence-electron chi connectivity index (χ1n) is 8.15. The van der Waals surface area contributed by atoms with Crippen LogP contribution in [0.25, 0.3) is 5.70 Å². The van der Waals surface area contributed by atoms with Crippen LogP contribution in [0.1, 0.15) is 11.1 Å². The lowest BCUT2D eigenvalue weighted by Gasteiger charge is -2.23. The van der Waals surface area contributed by atoms with Gasteiger partial charge >= 0.3 is 0 Å². The van der Waals surface area contributed by atoms with Crippen LogP contribution in [-0.4, -0.2) is 35.4 Å². The Hall–Kier alpha value is -3.81. The normalized spacial score (nSPS) is 15.3. The number of nitrogens with zero attached hydrogens (tertiary/aromatic N) is 2. The second-order valence-electron chi connectivity index (χ2n) is 5.73. The van der Waals surface area contributed by atoms with Crippen LogP contribution >= 0.6 is 0 Å². The van der Waals surface area contributed by atoms with Crippen molar-refractivity contribution in [2.24, 2.45) is 4.99 Å². The second kappa shape index (κ2) is 8.05. The molecule has 4 N–H and O–H groups in total. The summed E-state index contributed by atoms with van der Waals surface area (Å²) in [6.45, 7) is 1.88. The number of ether oxygens (including phenoxy) is 1. The van der Waals surface area contributed by atoms with Gasteiger partial charge in [0.25, 0.3) is 12.3 Å². The summed E-state index contributed by atoms with van der Waals surface area (Å²) in [5.41, 5.74) is 2.66. The summed E-state index contributed by atoms with van der Waals surface area (Å²) < 4.78 is 5.93. The molecule has 1 aromatic heterocycles. The van der Waals surface area contributed by atoms with Crippen LogP contribution in [0, 0.1) is 17.7 Å². The van der Waals surface area contributed by atoms with Gasteiger partial charge in [0, 0.05) is 47.8 Å². The fourth-order valence-corrected chi connectivity index (χ4v) is 2.36. The first-order valence-corrected chi connectivity index (χ1v) is 8.15. The number of aromatic nitrogens is 1. The van der Waals surface area contributed by atoms with E-state index in [4.69, 9.17) is 15.6 Å². The molecule has 2 aromatic rings. The van der Waals surface area contributed by atoms with Crippen molar-refractivity contribution in [2.75, 3.05) is 5.32 Å². The molecule has 8 heteroatoms. The van der Waals surface area contributed by atoms with E-state index in [9.17, 15) is 4.79 Å². The van der Waals surface area contributed by atoms with Crippen LogP contribution in [0.4, 0.5) is 5.69 Å². The van der Waals surface area contributed by atoms with Crippen LogP contribution in [0.3, 0.4) is 0 Å². The van der Waals surface area contributed by atoms with E-state index in [1.807, 2.05) is 25.1 Å². The predicted molar refractivity (Wildman–Crippen MR) is 105 cm³/mol. The van der Waals surface area contributed by atoms with Gasteiger partial charge in [-0.05, 0) is 36.8 Å². The Morgan fingerprint density at radius 1 is 1.37 bits per heavy atom. The summed E-state index contributed by atoms with van der Waals surface area (Å²) in [6, 6.07) is 8.94. The van der Waals surface area contributed by atoms with E-state index in [1.54, 1.807) is 36.8 Å². The van der Waals surface area contributed by atoms with Gasteiger partial charge in [0.05, 0.1) is 0 Å². The number of hydrogen-bond acceptors (Lipinski definition) is 7. The molecule has 27 heavy (non-hydrogen) atoms. The summed E-state index contributed by atoms with van der Waals surface area (Å²) in [5, 5.41) is 20.1. The van der Waals surface area contributed by atoms with Gasteiger partial charge < -0.3 is 20.8 Å². The van der Waals surface area contributed by atoms with Crippen LogP contribution in [-0.2, 0) is 4.79 Å². The van der Waals surface area contributed by atoms with E-state index >= 15 is 0 Å². The van der Waals surface area contributed by atoms with Crippen molar-refractivity contribution in [1.29, 1.82) is 10.8 Å². The molecular weight excluding hydrogens is 344 g/mol. The minimum Gasteiger partial charge on any atom is -0.450 e. The van der Waals surface area contributed by atoms with Crippen molar-refractivity contribution in [3.8, 4) is 5.75 Å². The van der Waals surface area contributed by atoms with Gasteiger partial charge in [-0.25, -0.2) is 4.99 Å². The van der Waals surface area contributed by atoms with Gasteiger partial charge in [0.15, 0.2) is 0 Å². The molecular formula is C19H18N6O2. The average molecular weight is 362 g/mol. The Balaban J connectivity index is 1.72. The monoisotopic (exact) mass is 362 g/mol. The maximum absolute atomic E-state index is 11.8. The highest BCUT2D eigenvalue weighted by atomic mass is 16.5. The maximum atomic E-state index is 11.8. The van der Waals surface area contributed by atoms with Crippen LogP contribution in [0.5, 0.6) is 5.75 Å². The number of aliphatic imine (C=N–C) groups is 1. The van der Waals surface area contributed by atoms with Crippen molar-refractivity contribution < 1.29 is 9.53 Å². The third-order valence-corrected chi connectivity index (χ3v) is 3.79. The number of hydrogen-bond donors (Lipinski definition) is 4. The topological polar surface area (TPSA) is 123 Å². The van der Waals surface area contributed by atoms with E-state index in [0.717, 1.165) is 16.8 Å². The summed E-state index contributed by atoms with van der Waals surface area (Å²) in [7, 11) is 0. The Bertz CT molecular complexity index is 936. The lowest BCUT2D eigenvalue weighted by Crippen LogP contribution is -2.34. The van der Waals surface area contributed by atoms with Gasteiger partial charge in [0.1, 0.15) is 11.5 Å². The van der Waals surface area contributed by atoms with Crippen LogP contribution < -0.4 is 15.4 Å². The Labute approximate surface area is 156 Å². The number of pyridine rings is 1. The third kappa shape index (κ3) is 4.43. The van der Waals surface area contributed by atoms with E-state index in [1.165, 1.54) is 0 Å². The molecule has 1 atom stereocenters. The molecule has 1 amide bonds. The quantitative estimate of drug-likeness (QED) is 0.589. The second-order valence-corrected chi connectivity index (χ2v) is 5.73. The first kappa shape index (κ1) is 18.0. The molecule has 1 aromatic carbocycles. The molecule has 1 aliphatic rings. The Kier molecular flexibility index (Phi) is 5.36.